The second-order valence-electron chi connectivity index (χ2n) is 4.17. The second kappa shape index (κ2) is 7.15. The van der Waals surface area contributed by atoms with Crippen molar-refractivity contribution in [3.05, 3.63) is 0 Å². The molecular weight excluding hydrogens is 339 g/mol. The molecule has 1 aliphatic heterocycles. The van der Waals surface area contributed by atoms with Crippen molar-refractivity contribution in [2.45, 2.75) is 44.6 Å². The lowest BCUT2D eigenvalue weighted by molar-refractivity contribution is -0.164. The molecule has 0 aromatic heterocycles. The lowest BCUT2D eigenvalue weighted by Gasteiger charge is -2.25. The first-order valence-corrected chi connectivity index (χ1v) is 6.61. The van der Waals surface area contributed by atoms with Crippen molar-refractivity contribution in [3.63, 3.8) is 0 Å². The van der Waals surface area contributed by atoms with Gasteiger partial charge in [-0.15, -0.1) is 0 Å². The Bertz CT molecular complexity index is 281. The van der Waals surface area contributed by atoms with Gasteiger partial charge in [0.2, 0.25) is 0 Å². The number of esters is 2. The van der Waals surface area contributed by atoms with Crippen LogP contribution in [0.1, 0.15) is 39.0 Å². The summed E-state index contributed by atoms with van der Waals surface area (Å²) in [6.07, 6.45) is 3.06. The van der Waals surface area contributed by atoms with Crippen LogP contribution in [0.15, 0.2) is 0 Å². The molecule has 6 heteroatoms. The van der Waals surface area contributed by atoms with E-state index in [1.165, 1.54) is 0 Å². The zero-order valence-electron chi connectivity index (χ0n) is 9.87. The fraction of sp³-hybridized carbons (Fsp3) is 0.818. The molecule has 0 saturated carbocycles. The van der Waals surface area contributed by atoms with Crippen LogP contribution in [0.4, 0.5) is 0 Å². The third-order valence-corrected chi connectivity index (χ3v) is 2.97. The first kappa shape index (κ1) is 14.7. The lowest BCUT2D eigenvalue weighted by Crippen LogP contribution is -2.39. The van der Waals surface area contributed by atoms with Crippen LogP contribution in [0.5, 0.6) is 0 Å². The highest BCUT2D eigenvalue weighted by atomic mass is 127. The van der Waals surface area contributed by atoms with E-state index in [0.717, 1.165) is 12.8 Å². The fourth-order valence-electron chi connectivity index (χ4n) is 1.62. The number of ether oxygens (including phenoxy) is 2. The normalized spacial score (nSPS) is 23.5. The van der Waals surface area contributed by atoms with Gasteiger partial charge in [-0.05, 0) is 6.42 Å². The molecule has 1 aliphatic rings. The highest BCUT2D eigenvalue weighted by molar-refractivity contribution is 14.1. The van der Waals surface area contributed by atoms with E-state index in [1.54, 1.807) is 23.0 Å². The Kier molecular flexibility index (Phi) is 6.18. The first-order valence-electron chi connectivity index (χ1n) is 5.73. The number of carbonyl (C=O) groups is 2. The summed E-state index contributed by atoms with van der Waals surface area (Å²) in [6, 6.07) is 0. The molecule has 1 atom stereocenters. The van der Waals surface area contributed by atoms with Crippen molar-refractivity contribution >= 4 is 34.9 Å². The van der Waals surface area contributed by atoms with E-state index in [-0.39, 0.29) is 25.2 Å². The minimum absolute atomic E-state index is 0.0876. The summed E-state index contributed by atoms with van der Waals surface area (Å²) in [5.74, 6) is -0.509. The molecule has 17 heavy (non-hydrogen) atoms. The Morgan fingerprint density at radius 3 is 2.82 bits per heavy atom. The molecule has 0 aliphatic carbocycles. The van der Waals surface area contributed by atoms with Crippen LogP contribution in [0.25, 0.3) is 0 Å². The van der Waals surface area contributed by atoms with Crippen molar-refractivity contribution < 1.29 is 22.1 Å². The van der Waals surface area contributed by atoms with E-state index in [2.05, 4.69) is 0 Å². The van der Waals surface area contributed by atoms with Crippen LogP contribution in [0.3, 0.4) is 0 Å². The van der Waals surface area contributed by atoms with Gasteiger partial charge in [0.05, 0.1) is 0 Å². The summed E-state index contributed by atoms with van der Waals surface area (Å²) in [5, 5.41) is 0. The van der Waals surface area contributed by atoms with Crippen LogP contribution in [-0.2, 0) is 22.1 Å². The summed E-state index contributed by atoms with van der Waals surface area (Å²) in [7, 11) is 0. The molecule has 1 heterocycles. The predicted octanol–water partition coefficient (Wildman–Crippen LogP) is 2.16. The number of cyclic esters (lactones) is 1. The first-order chi connectivity index (χ1) is 8.12. The van der Waals surface area contributed by atoms with Gasteiger partial charge >= 0.3 is 11.9 Å². The van der Waals surface area contributed by atoms with Gasteiger partial charge in [0.15, 0.2) is 5.60 Å². The molecule has 0 amide bonds. The third-order valence-electron chi connectivity index (χ3n) is 2.66. The molecule has 0 aromatic carbocycles. The summed E-state index contributed by atoms with van der Waals surface area (Å²) in [5.41, 5.74) is -0.778. The van der Waals surface area contributed by atoms with Crippen molar-refractivity contribution in [2.75, 3.05) is 13.2 Å². The number of carbonyl (C=O) groups excluding carboxylic acids is 2. The van der Waals surface area contributed by atoms with E-state index in [1.807, 2.05) is 6.92 Å². The van der Waals surface area contributed by atoms with Crippen LogP contribution < -0.4 is 0 Å². The van der Waals surface area contributed by atoms with Crippen molar-refractivity contribution in [1.82, 2.24) is 0 Å². The number of hydrogen-bond acceptors (Lipinski definition) is 5. The molecule has 98 valence electrons. The highest BCUT2D eigenvalue weighted by Gasteiger charge is 2.42. The summed E-state index contributed by atoms with van der Waals surface area (Å²) in [6.45, 7) is 2.35. The number of unbranched alkanes of at least 4 members (excludes halogenated alkanes) is 1. The molecule has 0 aromatic rings. The predicted molar refractivity (Wildman–Crippen MR) is 68.5 cm³/mol. The maximum absolute atomic E-state index is 11.4. The van der Waals surface area contributed by atoms with Crippen LogP contribution in [0, 0.1) is 0 Å². The average Bonchev–Trinajstić information content (AvgIpc) is 2.67. The topological polar surface area (TPSA) is 61.8 Å². The smallest absolute Gasteiger partial charge is 0.306 e. The fourth-order valence-corrected chi connectivity index (χ4v) is 2.19. The number of halogens is 1. The van der Waals surface area contributed by atoms with Crippen LogP contribution in [-0.4, -0.2) is 30.8 Å². The van der Waals surface area contributed by atoms with Crippen LogP contribution in [0.2, 0.25) is 0 Å². The van der Waals surface area contributed by atoms with Gasteiger partial charge in [-0.3, -0.25) is 9.59 Å². The van der Waals surface area contributed by atoms with E-state index in [0.29, 0.717) is 19.3 Å². The lowest BCUT2D eigenvalue weighted by atomic mass is 10.0. The largest absolute Gasteiger partial charge is 0.461 e. The Morgan fingerprint density at radius 2 is 2.29 bits per heavy atom. The van der Waals surface area contributed by atoms with E-state index < -0.39 is 5.60 Å². The van der Waals surface area contributed by atoms with E-state index >= 15 is 0 Å². The van der Waals surface area contributed by atoms with Crippen molar-refractivity contribution in [1.29, 1.82) is 0 Å². The van der Waals surface area contributed by atoms with Gasteiger partial charge < -0.3 is 12.5 Å². The number of hydrogen-bond donors (Lipinski definition) is 0. The van der Waals surface area contributed by atoms with Gasteiger partial charge in [-0.1, -0.05) is 13.3 Å². The van der Waals surface area contributed by atoms with Crippen molar-refractivity contribution in [3.8, 4) is 0 Å². The Hall–Kier alpha value is -0.370. The standard InChI is InChI=1S/C11H17IO5/c1-2-3-4-9(13)15-7-11(8-16-12)6-5-10(14)17-11/h2-8H2,1H3. The Labute approximate surface area is 115 Å². The van der Waals surface area contributed by atoms with E-state index in [9.17, 15) is 9.59 Å². The molecule has 1 fully saturated rings. The minimum Gasteiger partial charge on any atom is -0.461 e. The zero-order valence-corrected chi connectivity index (χ0v) is 12.0. The van der Waals surface area contributed by atoms with Gasteiger partial charge in [0.25, 0.3) is 0 Å². The molecule has 1 saturated heterocycles. The van der Waals surface area contributed by atoms with E-state index in [4.69, 9.17) is 12.5 Å². The SMILES string of the molecule is CCCCC(=O)OCC1(COI)CCC(=O)O1. The molecule has 0 bridgehead atoms. The van der Waals surface area contributed by atoms with Gasteiger partial charge in [-0.25, -0.2) is 0 Å². The Morgan fingerprint density at radius 1 is 1.53 bits per heavy atom. The monoisotopic (exact) mass is 356 g/mol. The molecule has 1 unspecified atom stereocenters. The zero-order chi connectivity index (χ0) is 12.7. The molecule has 1 rings (SSSR count). The maximum atomic E-state index is 11.4. The summed E-state index contributed by atoms with van der Waals surface area (Å²) < 4.78 is 15.3. The third kappa shape index (κ3) is 4.79. The molecule has 0 spiro atoms. The Balaban J connectivity index is 2.40. The van der Waals surface area contributed by atoms with Crippen molar-refractivity contribution in [2.24, 2.45) is 0 Å². The van der Waals surface area contributed by atoms with Gasteiger partial charge in [0.1, 0.15) is 36.2 Å². The maximum Gasteiger partial charge on any atom is 0.306 e. The average molecular weight is 356 g/mol. The number of rotatable bonds is 7. The van der Waals surface area contributed by atoms with Crippen LogP contribution >= 0.6 is 23.0 Å². The van der Waals surface area contributed by atoms with Gasteiger partial charge in [-0.2, -0.15) is 0 Å². The molecule has 0 N–H and O–H groups in total. The quantitative estimate of drug-likeness (QED) is 0.517. The van der Waals surface area contributed by atoms with Gasteiger partial charge in [0, 0.05) is 19.3 Å². The molecule has 0 radical (unpaired) electrons. The second-order valence-corrected chi connectivity index (χ2v) is 4.80. The molecule has 5 nitrogen and oxygen atoms in total. The summed E-state index contributed by atoms with van der Waals surface area (Å²) in [4.78, 5) is 22.5. The minimum atomic E-state index is -0.778. The molecular formula is C11H17IO5. The summed E-state index contributed by atoms with van der Waals surface area (Å²) >= 11 is 1.74. The highest BCUT2D eigenvalue weighted by Crippen LogP contribution is 2.28.